The first-order valence-corrected chi connectivity index (χ1v) is 16.7. The maximum Gasteiger partial charge on any atom is 0.260 e. The predicted octanol–water partition coefficient (Wildman–Crippen LogP) is 7.61. The molecule has 2 unspecified atom stereocenters. The lowest BCUT2D eigenvalue weighted by atomic mass is 9.92. The minimum Gasteiger partial charge on any atom is -0.352 e. The third-order valence-electron chi connectivity index (χ3n) is 8.24. The van der Waals surface area contributed by atoms with Crippen molar-refractivity contribution in [3.8, 4) is 0 Å². The summed E-state index contributed by atoms with van der Waals surface area (Å²) in [5, 5.41) is 4.35. The first kappa shape index (κ1) is 28.4. The van der Waals surface area contributed by atoms with E-state index in [-0.39, 0.29) is 11.8 Å². The number of fused-ring (bicyclic) bond motifs is 1. The van der Waals surface area contributed by atoms with Crippen molar-refractivity contribution in [2.24, 2.45) is 0 Å². The molecule has 5 rings (SSSR count). The molecule has 39 heavy (non-hydrogen) atoms. The van der Waals surface area contributed by atoms with Crippen LogP contribution in [-0.4, -0.2) is 45.6 Å². The Kier molecular flexibility index (Phi) is 10.1. The summed E-state index contributed by atoms with van der Waals surface area (Å²) in [6, 6.07) is 16.5. The molecule has 2 aromatic carbocycles. The Bertz CT molecular complexity index is 1160. The molecule has 3 aliphatic rings. The van der Waals surface area contributed by atoms with Crippen LogP contribution in [0.3, 0.4) is 0 Å². The van der Waals surface area contributed by atoms with E-state index in [4.69, 9.17) is 0 Å². The van der Waals surface area contributed by atoms with E-state index in [9.17, 15) is 9.59 Å². The van der Waals surface area contributed by atoms with Gasteiger partial charge < -0.3 is 10.2 Å². The van der Waals surface area contributed by atoms with Gasteiger partial charge in [0.1, 0.15) is 0 Å². The number of benzene rings is 2. The van der Waals surface area contributed by atoms with E-state index in [1.807, 2.05) is 30.3 Å². The number of nitrogens with zero attached hydrogens (tertiary/aromatic N) is 1. The van der Waals surface area contributed by atoms with E-state index in [2.05, 4.69) is 53.2 Å². The van der Waals surface area contributed by atoms with Crippen LogP contribution in [-0.2, 0) is 11.3 Å². The fraction of sp³-hybridized carbons (Fsp3) is 0.515. The van der Waals surface area contributed by atoms with Crippen LogP contribution in [0.15, 0.2) is 53.4 Å². The molecule has 2 saturated carbocycles. The molecule has 1 saturated heterocycles. The van der Waals surface area contributed by atoms with Crippen LogP contribution < -0.4 is 5.32 Å². The minimum absolute atomic E-state index is 0.0191. The molecule has 2 aliphatic carbocycles. The number of aryl methyl sites for hydroxylation is 1. The van der Waals surface area contributed by atoms with Crippen molar-refractivity contribution in [2.45, 2.75) is 94.2 Å². The summed E-state index contributed by atoms with van der Waals surface area (Å²) in [7, 11) is 0. The molecule has 0 aromatic heterocycles. The van der Waals surface area contributed by atoms with Gasteiger partial charge in [-0.15, -0.1) is 11.8 Å². The number of hydrogen-bond donors (Lipinski definition) is 1. The van der Waals surface area contributed by atoms with Crippen molar-refractivity contribution in [3.63, 3.8) is 0 Å². The van der Waals surface area contributed by atoms with Gasteiger partial charge in [-0.1, -0.05) is 74.1 Å². The first-order chi connectivity index (χ1) is 19.1. The summed E-state index contributed by atoms with van der Waals surface area (Å²) >= 11 is 3.84. The summed E-state index contributed by atoms with van der Waals surface area (Å²) < 4.78 is 0. The average Bonchev–Trinajstić information content (AvgIpc) is 2.96. The van der Waals surface area contributed by atoms with Gasteiger partial charge in [0.05, 0.1) is 4.91 Å². The second kappa shape index (κ2) is 13.9. The molecule has 0 spiro atoms. The molecule has 2 amide bonds. The van der Waals surface area contributed by atoms with Crippen LogP contribution in [0.4, 0.5) is 0 Å². The zero-order valence-electron chi connectivity index (χ0n) is 23.2. The molecule has 4 nitrogen and oxygen atoms in total. The largest absolute Gasteiger partial charge is 0.352 e. The molecule has 2 atom stereocenters. The topological polar surface area (TPSA) is 49.4 Å². The second-order valence-corrected chi connectivity index (χ2v) is 14.0. The number of carbonyl (C=O) groups is 2. The van der Waals surface area contributed by atoms with Crippen molar-refractivity contribution < 1.29 is 9.59 Å². The molecule has 208 valence electrons. The predicted molar refractivity (Wildman–Crippen MR) is 166 cm³/mol. The highest BCUT2D eigenvalue weighted by atomic mass is 32.2. The number of hydrogen-bond acceptors (Lipinski definition) is 4. The van der Waals surface area contributed by atoms with Crippen molar-refractivity contribution in [1.82, 2.24) is 10.2 Å². The van der Waals surface area contributed by atoms with E-state index in [1.54, 1.807) is 11.8 Å². The van der Waals surface area contributed by atoms with Gasteiger partial charge in [0, 0.05) is 35.2 Å². The van der Waals surface area contributed by atoms with Crippen molar-refractivity contribution >= 4 is 41.4 Å². The fourth-order valence-electron chi connectivity index (χ4n) is 6.11. The highest BCUT2D eigenvalue weighted by molar-refractivity contribution is 8.04. The monoisotopic (exact) mass is 562 g/mol. The number of thioether (sulfide) groups is 2. The number of rotatable bonds is 9. The molecular weight excluding hydrogens is 521 g/mol. The van der Waals surface area contributed by atoms with Gasteiger partial charge >= 0.3 is 0 Å². The lowest BCUT2D eigenvalue weighted by Crippen LogP contribution is -2.50. The van der Waals surface area contributed by atoms with Crippen LogP contribution in [0, 0.1) is 6.92 Å². The summed E-state index contributed by atoms with van der Waals surface area (Å²) in [5.41, 5.74) is 4.07. The molecular formula is C33H42N2O2S2. The standard InChI is InChI=1S/C33H42N2O2S2/c1-24-9-7-10-26(21-24)23-35-29-13-5-6-14-30(29)39-31(33(35)37)22-25-15-17-27(18-16-25)32(36)34-19-8-20-38-28-11-3-2-4-12-28/h7,9-10,15-18,21-22,28-30H,2-6,8,11-14,19-20,23H2,1H3,(H,34,36)/b31-22+. The summed E-state index contributed by atoms with van der Waals surface area (Å²) in [6.07, 6.45) is 14.6. The Morgan fingerprint density at radius 1 is 1.03 bits per heavy atom. The molecule has 3 fully saturated rings. The Morgan fingerprint density at radius 3 is 2.59 bits per heavy atom. The average molecular weight is 563 g/mol. The van der Waals surface area contributed by atoms with Crippen LogP contribution in [0.5, 0.6) is 0 Å². The third kappa shape index (κ3) is 7.73. The van der Waals surface area contributed by atoms with Crippen LogP contribution in [0.2, 0.25) is 0 Å². The lowest BCUT2D eigenvalue weighted by Gasteiger charge is -2.44. The Labute approximate surface area is 242 Å². The van der Waals surface area contributed by atoms with Gasteiger partial charge in [-0.25, -0.2) is 0 Å². The van der Waals surface area contributed by atoms with Crippen molar-refractivity contribution in [1.29, 1.82) is 0 Å². The molecule has 0 bridgehead atoms. The Hall–Kier alpha value is -2.18. The Morgan fingerprint density at radius 2 is 1.79 bits per heavy atom. The lowest BCUT2D eigenvalue weighted by molar-refractivity contribution is -0.130. The summed E-state index contributed by atoms with van der Waals surface area (Å²) in [4.78, 5) is 29.3. The smallest absolute Gasteiger partial charge is 0.260 e. The van der Waals surface area contributed by atoms with E-state index < -0.39 is 0 Å². The zero-order valence-corrected chi connectivity index (χ0v) is 24.8. The molecule has 2 aromatic rings. The van der Waals surface area contributed by atoms with Crippen LogP contribution >= 0.6 is 23.5 Å². The highest BCUT2D eigenvalue weighted by Crippen LogP contribution is 2.42. The molecule has 1 heterocycles. The van der Waals surface area contributed by atoms with Gasteiger partial charge in [0.2, 0.25) is 0 Å². The summed E-state index contributed by atoms with van der Waals surface area (Å²) in [5.74, 6) is 1.23. The van der Waals surface area contributed by atoms with E-state index in [0.717, 1.165) is 47.3 Å². The molecule has 0 radical (unpaired) electrons. The molecule has 1 aliphatic heterocycles. The second-order valence-electron chi connectivity index (χ2n) is 11.3. The Balaban J connectivity index is 1.18. The van der Waals surface area contributed by atoms with E-state index in [0.29, 0.717) is 23.4 Å². The first-order valence-electron chi connectivity index (χ1n) is 14.8. The minimum atomic E-state index is -0.0191. The van der Waals surface area contributed by atoms with Gasteiger partial charge in [-0.05, 0) is 74.1 Å². The van der Waals surface area contributed by atoms with Gasteiger partial charge in [0.15, 0.2) is 0 Å². The zero-order chi connectivity index (χ0) is 27.0. The van der Waals surface area contributed by atoms with Gasteiger partial charge in [-0.3, -0.25) is 9.59 Å². The van der Waals surface area contributed by atoms with Gasteiger partial charge in [-0.2, -0.15) is 11.8 Å². The quantitative estimate of drug-likeness (QED) is 0.252. The maximum absolute atomic E-state index is 13.7. The number of nitrogens with one attached hydrogen (secondary N) is 1. The van der Waals surface area contributed by atoms with Crippen LogP contribution in [0.1, 0.15) is 91.3 Å². The van der Waals surface area contributed by atoms with Crippen LogP contribution in [0.25, 0.3) is 6.08 Å². The third-order valence-corrected chi connectivity index (χ3v) is 11.1. The van der Waals surface area contributed by atoms with Crippen molar-refractivity contribution in [2.75, 3.05) is 12.3 Å². The fourth-order valence-corrected chi connectivity index (χ4v) is 8.89. The van der Waals surface area contributed by atoms with E-state index in [1.165, 1.54) is 56.1 Å². The summed E-state index contributed by atoms with van der Waals surface area (Å²) in [6.45, 7) is 3.49. The number of carbonyl (C=O) groups excluding carboxylic acids is 2. The number of amides is 2. The molecule has 1 N–H and O–H groups in total. The maximum atomic E-state index is 13.7. The van der Waals surface area contributed by atoms with Gasteiger partial charge in [0.25, 0.3) is 11.8 Å². The normalized spacial score (nSPS) is 23.1. The SMILES string of the molecule is Cc1cccc(CN2C(=O)/C(=C\c3ccc(C(=O)NCCCSC4CCCCC4)cc3)SC3CCCCC32)c1. The van der Waals surface area contributed by atoms with E-state index >= 15 is 0 Å². The van der Waals surface area contributed by atoms with Crippen molar-refractivity contribution in [3.05, 3.63) is 75.7 Å². The highest BCUT2D eigenvalue weighted by Gasteiger charge is 2.40. The molecule has 6 heteroatoms.